The fourth-order valence-electron chi connectivity index (χ4n) is 2.91. The molecule has 1 amide bonds. The van der Waals surface area contributed by atoms with Gasteiger partial charge in [0.2, 0.25) is 5.13 Å². The van der Waals surface area contributed by atoms with Crippen LogP contribution in [0.1, 0.15) is 60.9 Å². The van der Waals surface area contributed by atoms with Crippen molar-refractivity contribution in [3.05, 3.63) is 45.3 Å². The topological polar surface area (TPSA) is 101 Å². The second kappa shape index (κ2) is 9.36. The van der Waals surface area contributed by atoms with Crippen LogP contribution in [0.3, 0.4) is 0 Å². The van der Waals surface area contributed by atoms with Crippen molar-refractivity contribution >= 4 is 33.1 Å². The highest BCUT2D eigenvalue weighted by Crippen LogP contribution is 2.20. The molecule has 1 aromatic carbocycles. The molecule has 0 aliphatic carbocycles. The van der Waals surface area contributed by atoms with Gasteiger partial charge < -0.3 is 0 Å². The summed E-state index contributed by atoms with van der Waals surface area (Å²) in [7, 11) is 0. The van der Waals surface area contributed by atoms with Crippen molar-refractivity contribution in [2.45, 2.75) is 51.9 Å². The number of aryl methyl sites for hydroxylation is 1. The number of nitrogens with one attached hydrogen (secondary N) is 2. The lowest BCUT2D eigenvalue weighted by Gasteiger charge is -2.03. The molecule has 2 N–H and O–H groups in total. The molecule has 142 valence electrons. The van der Waals surface area contributed by atoms with Gasteiger partial charge in [0.1, 0.15) is 5.01 Å². The van der Waals surface area contributed by atoms with E-state index in [0.29, 0.717) is 15.9 Å². The summed E-state index contributed by atoms with van der Waals surface area (Å²) in [4.78, 5) is 24.4. The Bertz CT molecular complexity index is 966. The van der Waals surface area contributed by atoms with Gasteiger partial charge in [0.25, 0.3) is 11.5 Å². The summed E-state index contributed by atoms with van der Waals surface area (Å²) >= 11 is 1.38. The van der Waals surface area contributed by atoms with Crippen molar-refractivity contribution in [1.29, 1.82) is 0 Å². The van der Waals surface area contributed by atoms with Crippen LogP contribution in [0.2, 0.25) is 0 Å². The van der Waals surface area contributed by atoms with Crippen molar-refractivity contribution in [1.82, 2.24) is 20.4 Å². The maximum Gasteiger partial charge on any atom is 0.278 e. The highest BCUT2D eigenvalue weighted by atomic mass is 32.1. The molecule has 0 saturated carbocycles. The minimum Gasteiger partial charge on any atom is -0.295 e. The number of rotatable bonds is 9. The molecular formula is C19H23N5O2S. The summed E-state index contributed by atoms with van der Waals surface area (Å²) in [6, 6.07) is 6.88. The normalized spacial score (nSPS) is 11.0. The molecule has 3 aromatic rings. The number of carbonyl (C=O) groups is 1. The first-order chi connectivity index (χ1) is 13.2. The summed E-state index contributed by atoms with van der Waals surface area (Å²) in [5.41, 5.74) is -0.155. The number of benzene rings is 1. The van der Waals surface area contributed by atoms with Gasteiger partial charge in [0, 0.05) is 11.8 Å². The molecule has 0 radical (unpaired) electrons. The van der Waals surface area contributed by atoms with Crippen molar-refractivity contribution < 1.29 is 4.79 Å². The molecule has 7 nitrogen and oxygen atoms in total. The molecule has 2 aromatic heterocycles. The van der Waals surface area contributed by atoms with E-state index in [9.17, 15) is 9.59 Å². The molecule has 0 spiro atoms. The van der Waals surface area contributed by atoms with Crippen LogP contribution in [0.5, 0.6) is 0 Å². The van der Waals surface area contributed by atoms with Crippen LogP contribution in [-0.4, -0.2) is 26.3 Å². The maximum absolute atomic E-state index is 12.6. The summed E-state index contributed by atoms with van der Waals surface area (Å²) in [5, 5.41) is 19.5. The fourth-order valence-corrected chi connectivity index (χ4v) is 3.68. The lowest BCUT2D eigenvalue weighted by Crippen LogP contribution is -2.19. The predicted molar refractivity (Wildman–Crippen MR) is 107 cm³/mol. The van der Waals surface area contributed by atoms with Gasteiger partial charge in [-0.05, 0) is 12.5 Å². The molecule has 0 atom stereocenters. The number of hydrogen-bond acceptors (Lipinski definition) is 6. The van der Waals surface area contributed by atoms with Gasteiger partial charge in [0.05, 0.1) is 5.39 Å². The number of amides is 1. The second-order valence-corrected chi connectivity index (χ2v) is 7.48. The number of carbonyl (C=O) groups excluding carboxylic acids is 1. The standard InChI is InChI=1S/C19H23N5O2S/c1-2-3-4-5-6-7-12-15-21-24-19(27-15)20-18(26)16-13-10-8-9-11-14(13)17(25)23-22-16/h8-11H,2-7,12H2,1H3,(H,23,25)(H,20,24,26). The summed E-state index contributed by atoms with van der Waals surface area (Å²) in [6.45, 7) is 2.21. The van der Waals surface area contributed by atoms with Gasteiger partial charge in [-0.15, -0.1) is 10.2 Å². The average molecular weight is 385 g/mol. The number of H-pyrrole nitrogens is 1. The Labute approximate surface area is 161 Å². The predicted octanol–water partition coefficient (Wildman–Crippen LogP) is 3.93. The van der Waals surface area contributed by atoms with Crippen LogP contribution in [-0.2, 0) is 6.42 Å². The zero-order valence-electron chi connectivity index (χ0n) is 15.3. The maximum atomic E-state index is 12.6. The summed E-state index contributed by atoms with van der Waals surface area (Å²) in [6.07, 6.45) is 8.23. The smallest absolute Gasteiger partial charge is 0.278 e. The van der Waals surface area contributed by atoms with E-state index in [1.54, 1.807) is 24.3 Å². The number of aromatic amines is 1. The second-order valence-electron chi connectivity index (χ2n) is 6.42. The molecule has 27 heavy (non-hydrogen) atoms. The Kier molecular flexibility index (Phi) is 6.64. The largest absolute Gasteiger partial charge is 0.295 e. The average Bonchev–Trinajstić information content (AvgIpc) is 3.12. The lowest BCUT2D eigenvalue weighted by molar-refractivity contribution is 0.102. The number of hydrogen-bond donors (Lipinski definition) is 2. The summed E-state index contributed by atoms with van der Waals surface area (Å²) < 4.78 is 0. The van der Waals surface area contributed by atoms with Gasteiger partial charge >= 0.3 is 0 Å². The first kappa shape index (κ1) is 19.2. The van der Waals surface area contributed by atoms with Gasteiger partial charge in [-0.2, -0.15) is 5.10 Å². The summed E-state index contributed by atoms with van der Waals surface area (Å²) in [5.74, 6) is -0.412. The number of aromatic nitrogens is 4. The first-order valence-electron chi connectivity index (χ1n) is 9.30. The molecule has 0 aliphatic rings. The third kappa shape index (κ3) is 4.97. The molecule has 0 saturated heterocycles. The van der Waals surface area contributed by atoms with Crippen molar-refractivity contribution in [2.75, 3.05) is 5.32 Å². The highest BCUT2D eigenvalue weighted by molar-refractivity contribution is 7.15. The molecule has 3 rings (SSSR count). The minimum atomic E-state index is -0.412. The fraction of sp³-hybridized carbons (Fsp3) is 0.421. The van der Waals surface area contributed by atoms with Gasteiger partial charge in [0.15, 0.2) is 5.69 Å². The van der Waals surface area contributed by atoms with Crippen molar-refractivity contribution in [3.63, 3.8) is 0 Å². The monoisotopic (exact) mass is 385 g/mol. The molecule has 0 fully saturated rings. The van der Waals surface area contributed by atoms with E-state index in [4.69, 9.17) is 0 Å². The molecule has 0 unspecified atom stereocenters. The Hall–Kier alpha value is -2.61. The van der Waals surface area contributed by atoms with Crippen LogP contribution in [0.4, 0.5) is 5.13 Å². The zero-order valence-corrected chi connectivity index (χ0v) is 16.1. The van der Waals surface area contributed by atoms with Crippen LogP contribution in [0, 0.1) is 0 Å². The van der Waals surface area contributed by atoms with E-state index < -0.39 is 5.91 Å². The quantitative estimate of drug-likeness (QED) is 0.544. The SMILES string of the molecule is CCCCCCCCc1nnc(NC(=O)c2n[nH]c(=O)c3ccccc23)s1. The number of anilines is 1. The van der Waals surface area contributed by atoms with E-state index >= 15 is 0 Å². The zero-order chi connectivity index (χ0) is 19.1. The Morgan fingerprint density at radius 3 is 2.63 bits per heavy atom. The van der Waals surface area contributed by atoms with Crippen molar-refractivity contribution in [2.24, 2.45) is 0 Å². The van der Waals surface area contributed by atoms with E-state index in [1.165, 1.54) is 43.4 Å². The van der Waals surface area contributed by atoms with E-state index in [2.05, 4.69) is 32.6 Å². The van der Waals surface area contributed by atoms with Crippen LogP contribution in [0.25, 0.3) is 10.8 Å². The van der Waals surface area contributed by atoms with E-state index in [1.807, 2.05) is 0 Å². The molecule has 0 aliphatic heterocycles. The van der Waals surface area contributed by atoms with Crippen molar-refractivity contribution in [3.8, 4) is 0 Å². The molecular weight excluding hydrogens is 362 g/mol. The highest BCUT2D eigenvalue weighted by Gasteiger charge is 2.16. The molecule has 2 heterocycles. The van der Waals surface area contributed by atoms with E-state index in [-0.39, 0.29) is 11.3 Å². The minimum absolute atomic E-state index is 0.165. The van der Waals surface area contributed by atoms with Gasteiger partial charge in [-0.3, -0.25) is 14.9 Å². The molecule has 8 heteroatoms. The van der Waals surface area contributed by atoms with E-state index in [0.717, 1.165) is 17.8 Å². The van der Waals surface area contributed by atoms with Crippen LogP contribution in [0.15, 0.2) is 29.1 Å². The van der Waals surface area contributed by atoms with Gasteiger partial charge in [-0.25, -0.2) is 5.10 Å². The Balaban J connectivity index is 1.60. The molecule has 0 bridgehead atoms. The number of unbranched alkanes of at least 4 members (excludes halogenated alkanes) is 5. The lowest BCUT2D eigenvalue weighted by atomic mass is 10.1. The third-order valence-electron chi connectivity index (χ3n) is 4.34. The number of nitrogens with zero attached hydrogens (tertiary/aromatic N) is 3. The first-order valence-corrected chi connectivity index (χ1v) is 10.1. The Morgan fingerprint density at radius 2 is 1.81 bits per heavy atom. The van der Waals surface area contributed by atoms with Gasteiger partial charge in [-0.1, -0.05) is 68.6 Å². The third-order valence-corrected chi connectivity index (χ3v) is 5.24. The van der Waals surface area contributed by atoms with Crippen LogP contribution < -0.4 is 10.9 Å². The van der Waals surface area contributed by atoms with Crippen LogP contribution >= 0.6 is 11.3 Å². The Morgan fingerprint density at radius 1 is 1.07 bits per heavy atom. The number of fused-ring (bicyclic) bond motifs is 1.